The summed E-state index contributed by atoms with van der Waals surface area (Å²) in [5.74, 6) is -1.79. The van der Waals surface area contributed by atoms with Crippen LogP contribution in [0.15, 0.2) is 54.6 Å². The van der Waals surface area contributed by atoms with Gasteiger partial charge in [0.1, 0.15) is 13.2 Å². The third-order valence-electron chi connectivity index (χ3n) is 7.14. The number of aryl methyl sites for hydroxylation is 1. The highest BCUT2D eigenvalue weighted by Crippen LogP contribution is 2.44. The largest absolute Gasteiger partial charge is 0.486 e. The molecule has 3 aliphatic heterocycles. The van der Waals surface area contributed by atoms with Gasteiger partial charge < -0.3 is 18.9 Å². The summed E-state index contributed by atoms with van der Waals surface area (Å²) in [5.41, 5.74) is 3.56. The van der Waals surface area contributed by atoms with Crippen molar-refractivity contribution in [3.8, 4) is 11.5 Å². The number of esters is 2. The van der Waals surface area contributed by atoms with E-state index in [1.54, 1.807) is 0 Å². The van der Waals surface area contributed by atoms with Crippen molar-refractivity contribution >= 4 is 17.6 Å². The van der Waals surface area contributed by atoms with Crippen LogP contribution in [-0.4, -0.2) is 62.1 Å². The summed E-state index contributed by atoms with van der Waals surface area (Å²) in [6, 6.07) is 14.2. The second-order valence-corrected chi connectivity index (χ2v) is 9.28. The van der Waals surface area contributed by atoms with Crippen molar-refractivity contribution in [2.24, 2.45) is 0 Å². The maximum Gasteiger partial charge on any atom is 0.422 e. The Kier molecular flexibility index (Phi) is 5.60. The first-order chi connectivity index (χ1) is 17.1. The van der Waals surface area contributed by atoms with Crippen molar-refractivity contribution < 1.29 is 28.5 Å². The minimum atomic E-state index is -1.52. The van der Waals surface area contributed by atoms with E-state index in [9.17, 15) is 9.59 Å². The molecule has 2 saturated heterocycles. The van der Waals surface area contributed by atoms with Crippen molar-refractivity contribution in [3.05, 3.63) is 65.7 Å². The Morgan fingerprint density at radius 1 is 0.971 bits per heavy atom. The van der Waals surface area contributed by atoms with Gasteiger partial charge >= 0.3 is 17.8 Å². The first kappa shape index (κ1) is 22.0. The van der Waals surface area contributed by atoms with Crippen molar-refractivity contribution in [2.75, 3.05) is 44.3 Å². The molecule has 2 aromatic rings. The van der Waals surface area contributed by atoms with Crippen LogP contribution < -0.4 is 14.4 Å². The van der Waals surface area contributed by atoms with Crippen LogP contribution in [0.4, 0.5) is 5.69 Å². The molecule has 2 fully saturated rings. The predicted octanol–water partition coefficient (Wildman–Crippen LogP) is 3.01. The lowest BCUT2D eigenvalue weighted by Crippen LogP contribution is -2.64. The molecule has 2 aromatic carbocycles. The summed E-state index contributed by atoms with van der Waals surface area (Å²) < 4.78 is 22.7. The summed E-state index contributed by atoms with van der Waals surface area (Å²) in [7, 11) is 0. The third kappa shape index (κ3) is 4.01. The summed E-state index contributed by atoms with van der Waals surface area (Å²) >= 11 is 0. The van der Waals surface area contributed by atoms with Gasteiger partial charge in [-0.25, -0.2) is 9.59 Å². The van der Waals surface area contributed by atoms with Gasteiger partial charge in [-0.05, 0) is 42.5 Å². The van der Waals surface area contributed by atoms with Crippen LogP contribution in [0.25, 0.3) is 0 Å². The molecule has 0 N–H and O–H groups in total. The highest BCUT2D eigenvalue weighted by molar-refractivity contribution is 6.31. The second-order valence-electron chi connectivity index (χ2n) is 9.28. The molecule has 35 heavy (non-hydrogen) atoms. The standard InChI is InChI=1S/C27H28N2O6/c30-25-26(31)35-27(34-25)18-28(13-4-3-7-20-12-11-19-6-1-2-8-21(19)20)14-15-29(27)22-9-5-10-23-24(22)33-17-16-32-23/h1-3,5-10,20H,4,11-18H2/b7-3+. The maximum atomic E-state index is 12.1. The van der Waals surface area contributed by atoms with Gasteiger partial charge in [0.15, 0.2) is 11.5 Å². The molecular formula is C27H28N2O6. The first-order valence-electron chi connectivity index (χ1n) is 12.2. The Morgan fingerprint density at radius 3 is 2.69 bits per heavy atom. The van der Waals surface area contributed by atoms with Crippen LogP contribution >= 0.6 is 0 Å². The van der Waals surface area contributed by atoms with Gasteiger partial charge in [0.05, 0.1) is 12.2 Å². The monoisotopic (exact) mass is 476 g/mol. The van der Waals surface area contributed by atoms with Gasteiger partial charge in [-0.1, -0.05) is 42.5 Å². The minimum Gasteiger partial charge on any atom is -0.486 e. The van der Waals surface area contributed by atoms with Gasteiger partial charge in [0.25, 0.3) is 0 Å². The van der Waals surface area contributed by atoms with Crippen LogP contribution in [0.2, 0.25) is 0 Å². The van der Waals surface area contributed by atoms with E-state index in [1.807, 2.05) is 23.1 Å². The summed E-state index contributed by atoms with van der Waals surface area (Å²) in [6.45, 7) is 3.15. The van der Waals surface area contributed by atoms with E-state index in [0.717, 1.165) is 32.4 Å². The molecule has 0 amide bonds. The van der Waals surface area contributed by atoms with E-state index >= 15 is 0 Å². The van der Waals surface area contributed by atoms with E-state index in [0.29, 0.717) is 42.9 Å². The topological polar surface area (TPSA) is 77.5 Å². The molecule has 1 spiro atoms. The number of hydrogen-bond acceptors (Lipinski definition) is 8. The van der Waals surface area contributed by atoms with Crippen molar-refractivity contribution in [3.63, 3.8) is 0 Å². The van der Waals surface area contributed by atoms with Crippen LogP contribution in [-0.2, 0) is 25.5 Å². The van der Waals surface area contributed by atoms with Crippen molar-refractivity contribution in [2.45, 2.75) is 31.1 Å². The fraction of sp³-hybridized carbons (Fsp3) is 0.407. The lowest BCUT2D eigenvalue weighted by atomic mass is 10.0. The van der Waals surface area contributed by atoms with Gasteiger partial charge in [-0.15, -0.1) is 0 Å². The fourth-order valence-corrected chi connectivity index (χ4v) is 5.50. The highest BCUT2D eigenvalue weighted by atomic mass is 16.8. The summed E-state index contributed by atoms with van der Waals surface area (Å²) in [5, 5.41) is 0. The predicted molar refractivity (Wildman–Crippen MR) is 127 cm³/mol. The quantitative estimate of drug-likeness (QED) is 0.370. The number of allylic oxidation sites excluding steroid dienone is 1. The van der Waals surface area contributed by atoms with E-state index in [1.165, 1.54) is 11.1 Å². The molecule has 1 unspecified atom stereocenters. The van der Waals surface area contributed by atoms with Crippen molar-refractivity contribution in [1.82, 2.24) is 4.90 Å². The van der Waals surface area contributed by atoms with Gasteiger partial charge in [0, 0.05) is 25.6 Å². The number of carbonyl (C=O) groups is 2. The Hall–Kier alpha value is -3.52. The molecular weight excluding hydrogens is 448 g/mol. The van der Waals surface area contributed by atoms with Gasteiger partial charge in [-0.2, -0.15) is 0 Å². The number of ether oxygens (including phenoxy) is 4. The molecule has 4 aliphatic rings. The Labute approximate surface area is 204 Å². The van der Waals surface area contributed by atoms with Gasteiger partial charge in [0.2, 0.25) is 0 Å². The molecule has 1 atom stereocenters. The number of rotatable bonds is 5. The molecule has 6 rings (SSSR count). The SMILES string of the molecule is O=C1OC2(CN(CC/C=C/C3CCc4ccccc43)CCN2c2cccc3c2OCCO3)OC1=O. The number of piperazine rings is 1. The van der Waals surface area contributed by atoms with Crippen LogP contribution in [0.1, 0.15) is 29.9 Å². The first-order valence-corrected chi connectivity index (χ1v) is 12.2. The molecule has 3 heterocycles. The van der Waals surface area contributed by atoms with Crippen LogP contribution in [0.5, 0.6) is 11.5 Å². The zero-order valence-electron chi connectivity index (χ0n) is 19.5. The molecule has 8 nitrogen and oxygen atoms in total. The average Bonchev–Trinajstić information content (AvgIpc) is 3.41. The zero-order chi connectivity index (χ0) is 23.8. The number of nitrogens with zero attached hydrogens (tertiary/aromatic N) is 2. The molecule has 182 valence electrons. The third-order valence-corrected chi connectivity index (χ3v) is 7.14. The fourth-order valence-electron chi connectivity index (χ4n) is 5.50. The van der Waals surface area contributed by atoms with Crippen molar-refractivity contribution in [1.29, 1.82) is 0 Å². The molecule has 0 aromatic heterocycles. The van der Waals surface area contributed by atoms with Crippen LogP contribution in [0, 0.1) is 0 Å². The molecule has 1 aliphatic carbocycles. The van der Waals surface area contributed by atoms with Gasteiger partial charge in [-0.3, -0.25) is 9.80 Å². The Morgan fingerprint density at radius 2 is 1.80 bits per heavy atom. The molecule has 8 heteroatoms. The number of hydrogen-bond donors (Lipinski definition) is 0. The molecule has 0 bridgehead atoms. The van der Waals surface area contributed by atoms with Crippen LogP contribution in [0.3, 0.4) is 0 Å². The van der Waals surface area contributed by atoms with E-state index in [-0.39, 0.29) is 6.54 Å². The zero-order valence-corrected chi connectivity index (χ0v) is 19.5. The lowest BCUT2D eigenvalue weighted by Gasteiger charge is -2.46. The number of fused-ring (bicyclic) bond motifs is 2. The Balaban J connectivity index is 1.16. The summed E-state index contributed by atoms with van der Waals surface area (Å²) in [4.78, 5) is 28.2. The molecule has 0 radical (unpaired) electrons. The smallest absolute Gasteiger partial charge is 0.422 e. The molecule has 0 saturated carbocycles. The second kappa shape index (κ2) is 8.92. The maximum absolute atomic E-state index is 12.1. The highest BCUT2D eigenvalue weighted by Gasteiger charge is 2.56. The average molecular weight is 477 g/mol. The normalized spacial score (nSPS) is 23.0. The van der Waals surface area contributed by atoms with E-state index < -0.39 is 17.8 Å². The number of anilines is 1. The summed E-state index contributed by atoms with van der Waals surface area (Å²) in [6.07, 6.45) is 7.67. The van der Waals surface area contributed by atoms with E-state index in [2.05, 4.69) is 41.3 Å². The lowest BCUT2D eigenvalue weighted by molar-refractivity contribution is -0.192. The number of para-hydroxylation sites is 1. The number of carbonyl (C=O) groups excluding carboxylic acids is 2. The number of benzene rings is 2. The van der Waals surface area contributed by atoms with E-state index in [4.69, 9.17) is 18.9 Å². The Bertz CT molecular complexity index is 1160. The minimum absolute atomic E-state index is 0.259.